The van der Waals surface area contributed by atoms with Crippen LogP contribution in [0.5, 0.6) is 0 Å². The van der Waals surface area contributed by atoms with Crippen molar-refractivity contribution in [2.24, 2.45) is 5.92 Å². The maximum absolute atomic E-state index is 12.5. The molecule has 1 saturated carbocycles. The third-order valence-corrected chi connectivity index (χ3v) is 3.76. The summed E-state index contributed by atoms with van der Waals surface area (Å²) in [5.74, 6) is 0.470. The molecule has 1 N–H and O–H groups in total. The summed E-state index contributed by atoms with van der Waals surface area (Å²) in [4.78, 5) is 28.0. The van der Waals surface area contributed by atoms with E-state index >= 15 is 0 Å². The highest BCUT2D eigenvalue weighted by Crippen LogP contribution is 2.30. The smallest absolute Gasteiger partial charge is 0.255 e. The zero-order valence-electron chi connectivity index (χ0n) is 10.8. The second kappa shape index (κ2) is 5.17. The van der Waals surface area contributed by atoms with Crippen molar-refractivity contribution in [2.45, 2.75) is 25.3 Å². The Bertz CT molecular complexity index is 495. The molecule has 5 nitrogen and oxygen atoms in total. The lowest BCUT2D eigenvalue weighted by Crippen LogP contribution is -2.37. The van der Waals surface area contributed by atoms with Gasteiger partial charge in [-0.3, -0.25) is 9.59 Å². The number of nitrogens with one attached hydrogen (secondary N) is 1. The fourth-order valence-electron chi connectivity index (χ4n) is 2.50. The largest absolute Gasteiger partial charge is 0.381 e. The van der Waals surface area contributed by atoms with Gasteiger partial charge in [0.15, 0.2) is 0 Å². The Hall–Kier alpha value is -1.62. The molecule has 0 spiro atoms. The van der Waals surface area contributed by atoms with E-state index in [0.29, 0.717) is 17.5 Å². The first-order valence-corrected chi connectivity index (χ1v) is 6.81. The van der Waals surface area contributed by atoms with E-state index in [4.69, 9.17) is 4.74 Å². The highest BCUT2D eigenvalue weighted by Gasteiger charge is 2.35. The Morgan fingerprint density at radius 1 is 1.37 bits per heavy atom. The molecule has 1 atom stereocenters. The number of pyridine rings is 1. The molecule has 1 saturated heterocycles. The quantitative estimate of drug-likeness (QED) is 0.881. The maximum Gasteiger partial charge on any atom is 0.255 e. The summed E-state index contributed by atoms with van der Waals surface area (Å²) < 4.78 is 5.37. The van der Waals surface area contributed by atoms with Crippen LogP contribution >= 0.6 is 0 Å². The van der Waals surface area contributed by atoms with Crippen molar-refractivity contribution in [3.63, 3.8) is 0 Å². The van der Waals surface area contributed by atoms with Crippen LogP contribution in [0.3, 0.4) is 0 Å². The normalized spacial score (nSPS) is 22.4. The van der Waals surface area contributed by atoms with Gasteiger partial charge in [0.1, 0.15) is 0 Å². The molecule has 2 heterocycles. The topological polar surface area (TPSA) is 62.4 Å². The molecule has 5 heteroatoms. The van der Waals surface area contributed by atoms with Gasteiger partial charge in [-0.25, -0.2) is 0 Å². The van der Waals surface area contributed by atoms with E-state index in [1.165, 1.54) is 12.3 Å². The van der Waals surface area contributed by atoms with Crippen LogP contribution < -0.4 is 5.56 Å². The van der Waals surface area contributed by atoms with Gasteiger partial charge in [0.25, 0.3) is 5.91 Å². The molecule has 1 aromatic rings. The van der Waals surface area contributed by atoms with Crippen LogP contribution in [0.2, 0.25) is 0 Å². The minimum atomic E-state index is -0.182. The summed E-state index contributed by atoms with van der Waals surface area (Å²) in [6, 6.07) is 3.37. The highest BCUT2D eigenvalue weighted by molar-refractivity contribution is 5.94. The van der Waals surface area contributed by atoms with Crippen molar-refractivity contribution in [2.75, 3.05) is 19.8 Å². The lowest BCUT2D eigenvalue weighted by molar-refractivity contribution is 0.0706. The third kappa shape index (κ3) is 2.87. The average molecular weight is 262 g/mol. The Labute approximate surface area is 111 Å². The summed E-state index contributed by atoms with van der Waals surface area (Å²) in [7, 11) is 0. The molecule has 2 fully saturated rings. The van der Waals surface area contributed by atoms with Gasteiger partial charge in [-0.1, -0.05) is 0 Å². The summed E-state index contributed by atoms with van der Waals surface area (Å²) in [6.45, 7) is 2.32. The minimum absolute atomic E-state index is 0.0191. The van der Waals surface area contributed by atoms with Crippen LogP contribution in [0.4, 0.5) is 0 Å². The van der Waals surface area contributed by atoms with Crippen molar-refractivity contribution in [1.29, 1.82) is 0 Å². The monoisotopic (exact) mass is 262 g/mol. The first kappa shape index (κ1) is 12.4. The van der Waals surface area contributed by atoms with Gasteiger partial charge < -0.3 is 14.6 Å². The fourth-order valence-corrected chi connectivity index (χ4v) is 2.50. The Morgan fingerprint density at radius 3 is 2.79 bits per heavy atom. The number of H-pyrrole nitrogens is 1. The number of ether oxygens (including phenoxy) is 1. The van der Waals surface area contributed by atoms with Crippen molar-refractivity contribution < 1.29 is 9.53 Å². The van der Waals surface area contributed by atoms with Gasteiger partial charge in [-0.05, 0) is 25.3 Å². The fraction of sp³-hybridized carbons (Fsp3) is 0.571. The number of carbonyl (C=O) groups excluding carboxylic acids is 1. The molecule has 1 aliphatic heterocycles. The number of rotatable bonds is 4. The zero-order chi connectivity index (χ0) is 13.2. The molecule has 102 valence electrons. The van der Waals surface area contributed by atoms with Gasteiger partial charge in [-0.2, -0.15) is 0 Å². The molecule has 0 aromatic carbocycles. The zero-order valence-corrected chi connectivity index (χ0v) is 10.8. The second-order valence-electron chi connectivity index (χ2n) is 5.36. The predicted octanol–water partition coefficient (Wildman–Crippen LogP) is 1.02. The number of aromatic amines is 1. The van der Waals surface area contributed by atoms with Crippen LogP contribution in [0.15, 0.2) is 23.1 Å². The molecular formula is C14H18N2O3. The minimum Gasteiger partial charge on any atom is -0.381 e. The molecule has 1 amide bonds. The molecule has 3 rings (SSSR count). The summed E-state index contributed by atoms with van der Waals surface area (Å²) in [6.07, 6.45) is 4.71. The average Bonchev–Trinajstić information content (AvgIpc) is 3.13. The Balaban J connectivity index is 1.73. The van der Waals surface area contributed by atoms with Gasteiger partial charge in [0, 0.05) is 37.4 Å². The summed E-state index contributed by atoms with van der Waals surface area (Å²) in [5.41, 5.74) is 0.379. The Kier molecular flexibility index (Phi) is 3.38. The molecule has 1 aromatic heterocycles. The van der Waals surface area contributed by atoms with Gasteiger partial charge in [0.05, 0.1) is 12.2 Å². The Morgan fingerprint density at radius 2 is 2.21 bits per heavy atom. The second-order valence-corrected chi connectivity index (χ2v) is 5.36. The van der Waals surface area contributed by atoms with Crippen LogP contribution in [-0.4, -0.2) is 41.6 Å². The molecular weight excluding hydrogens is 244 g/mol. The number of amides is 1. The van der Waals surface area contributed by atoms with E-state index in [1.807, 2.05) is 4.90 Å². The maximum atomic E-state index is 12.5. The number of carbonyl (C=O) groups is 1. The molecule has 0 radical (unpaired) electrons. The van der Waals surface area contributed by atoms with Gasteiger partial charge in [-0.15, -0.1) is 0 Å². The van der Waals surface area contributed by atoms with E-state index in [2.05, 4.69) is 4.98 Å². The van der Waals surface area contributed by atoms with Crippen LogP contribution in [0, 0.1) is 5.92 Å². The molecule has 2 aliphatic rings. The van der Waals surface area contributed by atoms with Crippen LogP contribution in [-0.2, 0) is 4.74 Å². The summed E-state index contributed by atoms with van der Waals surface area (Å²) in [5, 5.41) is 0. The van der Waals surface area contributed by atoms with Crippen molar-refractivity contribution in [1.82, 2.24) is 9.88 Å². The number of aromatic nitrogens is 1. The lowest BCUT2D eigenvalue weighted by Gasteiger charge is -2.25. The molecule has 19 heavy (non-hydrogen) atoms. The van der Waals surface area contributed by atoms with Crippen molar-refractivity contribution >= 4 is 5.91 Å². The predicted molar refractivity (Wildman–Crippen MR) is 70.0 cm³/mol. The van der Waals surface area contributed by atoms with E-state index < -0.39 is 0 Å². The lowest BCUT2D eigenvalue weighted by atomic mass is 10.1. The van der Waals surface area contributed by atoms with E-state index in [0.717, 1.165) is 39.0 Å². The standard InChI is InChI=1S/C14H18N2O3/c17-13-4-1-11(7-15-13)14(18)16(12-2-3-12)8-10-5-6-19-9-10/h1,4,7,10,12H,2-3,5-6,8-9H2,(H,15,17). The highest BCUT2D eigenvalue weighted by atomic mass is 16.5. The van der Waals surface area contributed by atoms with Gasteiger partial charge in [0.2, 0.25) is 5.56 Å². The number of hydrogen-bond donors (Lipinski definition) is 1. The van der Waals surface area contributed by atoms with Gasteiger partial charge >= 0.3 is 0 Å². The molecule has 0 bridgehead atoms. The molecule has 1 aliphatic carbocycles. The van der Waals surface area contributed by atoms with Crippen molar-refractivity contribution in [3.8, 4) is 0 Å². The summed E-state index contributed by atoms with van der Waals surface area (Å²) >= 11 is 0. The number of hydrogen-bond acceptors (Lipinski definition) is 3. The first-order valence-electron chi connectivity index (χ1n) is 6.81. The number of nitrogens with zero attached hydrogens (tertiary/aromatic N) is 1. The van der Waals surface area contributed by atoms with E-state index in [-0.39, 0.29) is 11.5 Å². The third-order valence-electron chi connectivity index (χ3n) is 3.76. The molecule has 1 unspecified atom stereocenters. The SMILES string of the molecule is O=C(c1ccc(=O)[nH]c1)N(CC1CCOC1)C1CC1. The first-order chi connectivity index (χ1) is 9.24. The van der Waals surface area contributed by atoms with E-state index in [9.17, 15) is 9.59 Å². The van der Waals surface area contributed by atoms with Crippen molar-refractivity contribution in [3.05, 3.63) is 34.2 Å². The van der Waals surface area contributed by atoms with E-state index in [1.54, 1.807) is 6.07 Å². The van der Waals surface area contributed by atoms with Crippen LogP contribution in [0.25, 0.3) is 0 Å². The van der Waals surface area contributed by atoms with Crippen LogP contribution in [0.1, 0.15) is 29.6 Å².